The Morgan fingerprint density at radius 3 is 0.862 bits per heavy atom. The highest BCUT2D eigenvalue weighted by atomic mass is 24.3. The molecule has 0 spiro atoms. The molecule has 0 aromatic carbocycles. The van der Waals surface area contributed by atoms with Crippen molar-refractivity contribution in [1.82, 2.24) is 0 Å². The van der Waals surface area contributed by atoms with Crippen molar-refractivity contribution in [2.24, 2.45) is 0 Å². The van der Waals surface area contributed by atoms with Crippen molar-refractivity contribution in [1.29, 1.82) is 0 Å². The van der Waals surface area contributed by atoms with E-state index in [1.807, 2.05) is 0 Å². The summed E-state index contributed by atoms with van der Waals surface area (Å²) in [4.78, 5) is 10.4. The van der Waals surface area contributed by atoms with E-state index < -0.39 is 5.97 Å². The highest BCUT2D eigenvalue weighted by Gasteiger charge is 1.97. The third-order valence-corrected chi connectivity index (χ3v) is 5.99. The number of aliphatic carboxylic acids is 1. The average Bonchev–Trinajstić information content (AvgIpc) is 2.68. The molecule has 0 atom stereocenters. The van der Waals surface area contributed by atoms with Gasteiger partial charge in [-0.15, -0.1) is 0 Å². The molecule has 0 aliphatic rings. The lowest BCUT2D eigenvalue weighted by Gasteiger charge is -2.04. The molecule has 0 aromatic rings. The average molecular weight is 423 g/mol. The number of unbranched alkanes of at least 4 members (excludes halogenated alkanes) is 22. The van der Waals surface area contributed by atoms with Crippen LogP contribution in [0.1, 0.15) is 161 Å². The zero-order valence-corrected chi connectivity index (χ0v) is 19.3. The van der Waals surface area contributed by atoms with E-state index in [2.05, 4.69) is 6.92 Å². The summed E-state index contributed by atoms with van der Waals surface area (Å²) < 4.78 is 0. The summed E-state index contributed by atoms with van der Waals surface area (Å²) in [5.41, 5.74) is 0. The lowest BCUT2D eigenvalue weighted by Crippen LogP contribution is -1.93. The minimum atomic E-state index is -0.650. The Morgan fingerprint density at radius 2 is 0.655 bits per heavy atom. The van der Waals surface area contributed by atoms with E-state index >= 15 is 0 Å². The van der Waals surface area contributed by atoms with Crippen molar-refractivity contribution in [2.75, 3.05) is 0 Å². The van der Waals surface area contributed by atoms with Crippen LogP contribution in [-0.2, 0) is 4.79 Å². The Morgan fingerprint density at radius 1 is 0.448 bits per heavy atom. The molecule has 0 radical (unpaired) electrons. The van der Waals surface area contributed by atoms with E-state index in [1.165, 1.54) is 135 Å². The number of carboxylic acids is 1. The molecule has 0 saturated carbocycles. The SMILES string of the molecule is CCCCCCCCCCCCCCCCCCCCCCCCCC(=O)O.[MgH2]. The molecule has 0 saturated heterocycles. The van der Waals surface area contributed by atoms with Gasteiger partial charge in [0.2, 0.25) is 0 Å². The normalized spacial score (nSPS) is 10.8. The van der Waals surface area contributed by atoms with Gasteiger partial charge in [-0.1, -0.05) is 148 Å². The van der Waals surface area contributed by atoms with Gasteiger partial charge in [0, 0.05) is 6.42 Å². The van der Waals surface area contributed by atoms with Crippen LogP contribution in [0.3, 0.4) is 0 Å². The summed E-state index contributed by atoms with van der Waals surface area (Å²) in [5.74, 6) is -0.650. The fraction of sp³-hybridized carbons (Fsp3) is 0.962. The van der Waals surface area contributed by atoms with Gasteiger partial charge in [-0.3, -0.25) is 4.79 Å². The van der Waals surface area contributed by atoms with Gasteiger partial charge in [-0.2, -0.15) is 0 Å². The van der Waals surface area contributed by atoms with Crippen molar-refractivity contribution in [3.8, 4) is 0 Å². The highest BCUT2D eigenvalue weighted by molar-refractivity contribution is 5.75. The summed E-state index contributed by atoms with van der Waals surface area (Å²) >= 11 is 0. The maximum Gasteiger partial charge on any atom is 0.316 e. The molecule has 0 bridgehead atoms. The van der Waals surface area contributed by atoms with E-state index in [4.69, 9.17) is 5.11 Å². The molecule has 0 aliphatic carbocycles. The Balaban J connectivity index is 0. The Bertz CT molecular complexity index is 307. The van der Waals surface area contributed by atoms with E-state index in [-0.39, 0.29) is 23.1 Å². The molecule has 172 valence electrons. The minimum Gasteiger partial charge on any atom is -0.481 e. The van der Waals surface area contributed by atoms with E-state index in [9.17, 15) is 4.79 Å². The first-order valence-corrected chi connectivity index (χ1v) is 13.0. The predicted octanol–water partition coefficient (Wildman–Crippen LogP) is 8.54. The van der Waals surface area contributed by atoms with E-state index in [0.29, 0.717) is 6.42 Å². The second-order valence-electron chi connectivity index (χ2n) is 8.92. The molecule has 29 heavy (non-hydrogen) atoms. The summed E-state index contributed by atoms with van der Waals surface area (Å²) in [6, 6.07) is 0. The standard InChI is InChI=1S/C26H52O2.Mg.2H/c1-2-3-4-5-6-7-8-9-10-11-12-13-14-15-16-17-18-19-20-21-22-23-24-25-26(27)28;;;/h2-25H2,1H3,(H,27,28);;;. The molecule has 0 aromatic heterocycles. The first-order valence-electron chi connectivity index (χ1n) is 13.0. The molecule has 0 amide bonds. The van der Waals surface area contributed by atoms with Gasteiger partial charge in [0.25, 0.3) is 0 Å². The molecule has 0 heterocycles. The molecular formula is C26H54MgO2. The van der Waals surface area contributed by atoms with Crippen molar-refractivity contribution < 1.29 is 9.90 Å². The number of carboxylic acid groups (broad SMARTS) is 1. The van der Waals surface area contributed by atoms with Crippen LogP contribution in [0.15, 0.2) is 0 Å². The van der Waals surface area contributed by atoms with Crippen LogP contribution in [0.25, 0.3) is 0 Å². The number of hydrogen-bond donors (Lipinski definition) is 1. The lowest BCUT2D eigenvalue weighted by molar-refractivity contribution is -0.137. The largest absolute Gasteiger partial charge is 0.481 e. The van der Waals surface area contributed by atoms with Crippen LogP contribution < -0.4 is 0 Å². The molecule has 0 fully saturated rings. The Hall–Kier alpha value is 0.236. The van der Waals surface area contributed by atoms with Crippen molar-refractivity contribution in [3.05, 3.63) is 0 Å². The number of carbonyl (C=O) groups is 1. The first-order chi connectivity index (χ1) is 13.8. The third-order valence-electron chi connectivity index (χ3n) is 5.99. The van der Waals surface area contributed by atoms with Gasteiger partial charge in [0.1, 0.15) is 0 Å². The monoisotopic (exact) mass is 422 g/mol. The van der Waals surface area contributed by atoms with Crippen LogP contribution in [0, 0.1) is 0 Å². The highest BCUT2D eigenvalue weighted by Crippen LogP contribution is 2.15. The molecule has 0 unspecified atom stereocenters. The van der Waals surface area contributed by atoms with Gasteiger partial charge in [-0.25, -0.2) is 0 Å². The topological polar surface area (TPSA) is 37.3 Å². The van der Waals surface area contributed by atoms with Gasteiger partial charge >= 0.3 is 29.0 Å². The van der Waals surface area contributed by atoms with Gasteiger partial charge in [0.05, 0.1) is 0 Å². The van der Waals surface area contributed by atoms with Crippen molar-refractivity contribution >= 4 is 29.0 Å². The van der Waals surface area contributed by atoms with Crippen molar-refractivity contribution in [2.45, 2.75) is 161 Å². The second kappa shape index (κ2) is 28.2. The molecule has 0 rings (SSSR count). The van der Waals surface area contributed by atoms with Gasteiger partial charge in [0.15, 0.2) is 0 Å². The Kier molecular flexibility index (Phi) is 30.6. The summed E-state index contributed by atoms with van der Waals surface area (Å²) in [6.45, 7) is 2.29. The molecule has 1 N–H and O–H groups in total. The smallest absolute Gasteiger partial charge is 0.316 e. The first kappa shape index (κ1) is 31.4. The Labute approximate surface area is 199 Å². The van der Waals surface area contributed by atoms with Crippen LogP contribution in [-0.4, -0.2) is 34.1 Å². The van der Waals surface area contributed by atoms with Crippen LogP contribution in [0.2, 0.25) is 0 Å². The molecular weight excluding hydrogens is 369 g/mol. The quantitative estimate of drug-likeness (QED) is 0.125. The van der Waals surface area contributed by atoms with Gasteiger partial charge in [-0.05, 0) is 6.42 Å². The molecule has 2 nitrogen and oxygen atoms in total. The van der Waals surface area contributed by atoms with E-state index in [0.717, 1.165) is 12.8 Å². The zero-order valence-electron chi connectivity index (χ0n) is 19.3. The fourth-order valence-electron chi connectivity index (χ4n) is 4.06. The number of rotatable bonds is 24. The predicted molar refractivity (Wildman–Crippen MR) is 133 cm³/mol. The molecule has 0 aliphatic heterocycles. The van der Waals surface area contributed by atoms with Gasteiger partial charge < -0.3 is 5.11 Å². The summed E-state index contributed by atoms with van der Waals surface area (Å²) in [5, 5.41) is 8.59. The number of hydrogen-bond acceptors (Lipinski definition) is 1. The van der Waals surface area contributed by atoms with Crippen LogP contribution in [0.4, 0.5) is 0 Å². The summed E-state index contributed by atoms with van der Waals surface area (Å²) in [7, 11) is 0. The maximum absolute atomic E-state index is 10.4. The lowest BCUT2D eigenvalue weighted by atomic mass is 10.0. The van der Waals surface area contributed by atoms with Crippen molar-refractivity contribution in [3.63, 3.8) is 0 Å². The fourth-order valence-corrected chi connectivity index (χ4v) is 4.06. The van der Waals surface area contributed by atoms with Crippen LogP contribution in [0.5, 0.6) is 0 Å². The minimum absolute atomic E-state index is 0. The zero-order chi connectivity index (χ0) is 20.5. The van der Waals surface area contributed by atoms with E-state index in [1.54, 1.807) is 0 Å². The summed E-state index contributed by atoms with van der Waals surface area (Å²) in [6.07, 6.45) is 32.0. The van der Waals surface area contributed by atoms with Crippen LogP contribution >= 0.6 is 0 Å². The second-order valence-corrected chi connectivity index (χ2v) is 8.92. The maximum atomic E-state index is 10.4. The molecule has 3 heteroatoms. The third kappa shape index (κ3) is 30.5.